The first-order chi connectivity index (χ1) is 12.9. The summed E-state index contributed by atoms with van der Waals surface area (Å²) in [6.45, 7) is 2.43. The largest absolute Gasteiger partial charge is 0.484 e. The first-order valence-electron chi connectivity index (χ1n) is 8.13. The predicted octanol–water partition coefficient (Wildman–Crippen LogP) is 4.80. The average Bonchev–Trinajstić information content (AvgIpc) is 3.08. The number of thioether (sulfide) groups is 1. The summed E-state index contributed by atoms with van der Waals surface area (Å²) >= 11 is 13.8. The number of amides is 1. The lowest BCUT2D eigenvalue weighted by molar-refractivity contribution is -0.385. The summed E-state index contributed by atoms with van der Waals surface area (Å²) in [6.07, 6.45) is 0. The van der Waals surface area contributed by atoms with Crippen molar-refractivity contribution in [3.8, 4) is 5.75 Å². The number of rotatable bonds is 5. The van der Waals surface area contributed by atoms with E-state index in [4.69, 9.17) is 27.9 Å². The Morgan fingerprint density at radius 2 is 2.04 bits per heavy atom. The fraction of sp³-hybridized carbons (Fsp3) is 0.278. The number of carbonyl (C=O) groups excluding carboxylic acids is 1. The molecule has 0 aliphatic carbocycles. The Kier molecular flexibility index (Phi) is 6.14. The second kappa shape index (κ2) is 8.37. The van der Waals surface area contributed by atoms with E-state index in [0.29, 0.717) is 16.6 Å². The van der Waals surface area contributed by atoms with E-state index in [9.17, 15) is 14.9 Å². The summed E-state index contributed by atoms with van der Waals surface area (Å²) in [7, 11) is 0. The number of carbonyl (C=O) groups is 1. The molecular formula is C18H16Cl2N2O4S. The van der Waals surface area contributed by atoms with E-state index in [1.54, 1.807) is 53.9 Å². The first-order valence-corrected chi connectivity index (χ1v) is 9.93. The fourth-order valence-electron chi connectivity index (χ4n) is 2.79. The molecule has 0 aromatic heterocycles. The van der Waals surface area contributed by atoms with Gasteiger partial charge in [-0.2, -0.15) is 0 Å². The van der Waals surface area contributed by atoms with Crippen molar-refractivity contribution in [1.82, 2.24) is 4.90 Å². The molecule has 3 rings (SSSR count). The lowest BCUT2D eigenvalue weighted by Gasteiger charge is -2.24. The van der Waals surface area contributed by atoms with Gasteiger partial charge in [0.1, 0.15) is 12.0 Å². The van der Waals surface area contributed by atoms with Gasteiger partial charge in [-0.15, -0.1) is 11.8 Å². The predicted molar refractivity (Wildman–Crippen MR) is 107 cm³/mol. The molecule has 27 heavy (non-hydrogen) atoms. The zero-order chi connectivity index (χ0) is 19.6. The molecule has 6 nitrogen and oxygen atoms in total. The van der Waals surface area contributed by atoms with Crippen molar-refractivity contribution in [2.75, 3.05) is 18.9 Å². The maximum atomic E-state index is 12.9. The van der Waals surface area contributed by atoms with Crippen LogP contribution in [0.4, 0.5) is 5.69 Å². The minimum Gasteiger partial charge on any atom is -0.484 e. The molecule has 2 aromatic carbocycles. The highest BCUT2D eigenvalue weighted by molar-refractivity contribution is 8.00. The average molecular weight is 427 g/mol. The van der Waals surface area contributed by atoms with Gasteiger partial charge in [-0.3, -0.25) is 14.9 Å². The number of benzene rings is 2. The number of nitro benzene ring substituents is 1. The van der Waals surface area contributed by atoms with Crippen molar-refractivity contribution in [1.29, 1.82) is 0 Å². The lowest BCUT2D eigenvalue weighted by Crippen LogP contribution is -2.38. The third kappa shape index (κ3) is 4.31. The Labute approximate surface area is 170 Å². The van der Waals surface area contributed by atoms with Crippen LogP contribution >= 0.6 is 35.0 Å². The number of nitro groups is 1. The number of nitrogens with zero attached hydrogens (tertiary/aromatic N) is 2. The van der Waals surface area contributed by atoms with Gasteiger partial charge in [0.15, 0.2) is 5.75 Å². The van der Waals surface area contributed by atoms with Crippen LogP contribution in [-0.4, -0.2) is 40.0 Å². The summed E-state index contributed by atoms with van der Waals surface area (Å²) in [6, 6.07) is 9.69. The molecule has 1 amide bonds. The molecule has 0 bridgehead atoms. The van der Waals surface area contributed by atoms with Gasteiger partial charge in [-0.25, -0.2) is 0 Å². The van der Waals surface area contributed by atoms with E-state index in [2.05, 4.69) is 0 Å². The van der Waals surface area contributed by atoms with Crippen molar-refractivity contribution in [3.63, 3.8) is 0 Å². The van der Waals surface area contributed by atoms with Crippen molar-refractivity contribution in [2.24, 2.45) is 0 Å². The molecule has 1 aliphatic rings. The van der Waals surface area contributed by atoms with Gasteiger partial charge in [0.2, 0.25) is 0 Å². The highest BCUT2D eigenvalue weighted by Crippen LogP contribution is 2.33. The summed E-state index contributed by atoms with van der Waals surface area (Å²) in [4.78, 5) is 25.3. The standard InChI is InChI=1S/C18H16Cl2N2O4S/c1-11-5-6-15(14(9-11)22(24)25)26-10-16-21(7-8-27-16)18(23)17-12(19)3-2-4-13(17)20/h2-6,9,16H,7-8,10H2,1H3/t16-/m1/s1. The van der Waals surface area contributed by atoms with E-state index in [0.717, 1.165) is 11.3 Å². The molecule has 0 saturated carbocycles. The molecule has 0 unspecified atom stereocenters. The van der Waals surface area contributed by atoms with Crippen molar-refractivity contribution in [2.45, 2.75) is 12.3 Å². The second-order valence-electron chi connectivity index (χ2n) is 5.96. The molecule has 1 heterocycles. The van der Waals surface area contributed by atoms with Crippen molar-refractivity contribution in [3.05, 3.63) is 67.7 Å². The van der Waals surface area contributed by atoms with Gasteiger partial charge in [0.05, 0.1) is 20.5 Å². The van der Waals surface area contributed by atoms with Gasteiger partial charge >= 0.3 is 5.69 Å². The fourth-order valence-corrected chi connectivity index (χ4v) is 4.47. The molecule has 9 heteroatoms. The molecular weight excluding hydrogens is 411 g/mol. The highest BCUT2D eigenvalue weighted by atomic mass is 35.5. The second-order valence-corrected chi connectivity index (χ2v) is 8.06. The maximum absolute atomic E-state index is 12.9. The van der Waals surface area contributed by atoms with E-state index in [1.165, 1.54) is 6.07 Å². The number of aryl methyl sites for hydroxylation is 1. The van der Waals surface area contributed by atoms with Crippen molar-refractivity contribution >= 4 is 46.6 Å². The molecule has 1 saturated heterocycles. The van der Waals surface area contributed by atoms with E-state index >= 15 is 0 Å². The molecule has 0 radical (unpaired) electrons. The zero-order valence-corrected chi connectivity index (χ0v) is 16.7. The van der Waals surface area contributed by atoms with Gasteiger partial charge < -0.3 is 9.64 Å². The van der Waals surface area contributed by atoms with Crippen LogP contribution in [0.15, 0.2) is 36.4 Å². The van der Waals surface area contributed by atoms with Crippen molar-refractivity contribution < 1.29 is 14.5 Å². The molecule has 1 aliphatic heterocycles. The monoisotopic (exact) mass is 426 g/mol. The molecule has 1 fully saturated rings. The minimum absolute atomic E-state index is 0.0926. The van der Waals surface area contributed by atoms with Crippen LogP contribution in [0.1, 0.15) is 15.9 Å². The minimum atomic E-state index is -0.476. The van der Waals surface area contributed by atoms with Crippen LogP contribution in [-0.2, 0) is 0 Å². The van der Waals surface area contributed by atoms with Crippen LogP contribution in [0.3, 0.4) is 0 Å². The maximum Gasteiger partial charge on any atom is 0.311 e. The molecule has 0 spiro atoms. The highest BCUT2D eigenvalue weighted by Gasteiger charge is 2.33. The number of hydrogen-bond donors (Lipinski definition) is 0. The zero-order valence-electron chi connectivity index (χ0n) is 14.4. The Hall–Kier alpha value is -1.96. The van der Waals surface area contributed by atoms with Crippen LogP contribution < -0.4 is 4.74 Å². The summed E-state index contributed by atoms with van der Waals surface area (Å²) < 4.78 is 5.69. The van der Waals surface area contributed by atoms with Crippen LogP contribution in [0.5, 0.6) is 5.75 Å². The van der Waals surface area contributed by atoms with E-state index < -0.39 is 4.92 Å². The van der Waals surface area contributed by atoms with Gasteiger partial charge in [-0.1, -0.05) is 35.3 Å². The Morgan fingerprint density at radius 1 is 1.33 bits per heavy atom. The lowest BCUT2D eigenvalue weighted by atomic mass is 10.2. The Bertz CT molecular complexity index is 873. The summed E-state index contributed by atoms with van der Waals surface area (Å²) in [5.74, 6) is 0.640. The van der Waals surface area contributed by atoms with E-state index in [-0.39, 0.29) is 34.9 Å². The van der Waals surface area contributed by atoms with Crippen LogP contribution in [0.2, 0.25) is 10.0 Å². The van der Waals surface area contributed by atoms with Crippen LogP contribution in [0, 0.1) is 17.0 Å². The van der Waals surface area contributed by atoms with Crippen LogP contribution in [0.25, 0.3) is 0 Å². The molecule has 0 N–H and O–H groups in total. The third-order valence-electron chi connectivity index (χ3n) is 4.12. The third-order valence-corrected chi connectivity index (χ3v) is 5.94. The van der Waals surface area contributed by atoms with Gasteiger partial charge in [0.25, 0.3) is 5.91 Å². The Morgan fingerprint density at radius 3 is 2.70 bits per heavy atom. The molecule has 1 atom stereocenters. The first kappa shape index (κ1) is 19.8. The number of hydrogen-bond acceptors (Lipinski definition) is 5. The number of ether oxygens (including phenoxy) is 1. The number of halogens is 2. The topological polar surface area (TPSA) is 72.7 Å². The van der Waals surface area contributed by atoms with Gasteiger partial charge in [-0.05, 0) is 30.7 Å². The Balaban J connectivity index is 1.76. The molecule has 2 aromatic rings. The normalized spacial score (nSPS) is 16.4. The van der Waals surface area contributed by atoms with Gasteiger partial charge in [0, 0.05) is 18.4 Å². The summed E-state index contributed by atoms with van der Waals surface area (Å²) in [5.41, 5.74) is 0.939. The quantitative estimate of drug-likeness (QED) is 0.506. The summed E-state index contributed by atoms with van der Waals surface area (Å²) in [5, 5.41) is 11.5. The molecule has 142 valence electrons. The van der Waals surface area contributed by atoms with E-state index in [1.807, 2.05) is 0 Å². The smallest absolute Gasteiger partial charge is 0.311 e. The SMILES string of the molecule is Cc1ccc(OC[C@H]2SCCN2C(=O)c2c(Cl)cccc2Cl)c([N+](=O)[O-])c1.